The lowest BCUT2D eigenvalue weighted by atomic mass is 10.1. The van der Waals surface area contributed by atoms with Crippen molar-refractivity contribution in [2.24, 2.45) is 4.99 Å². The van der Waals surface area contributed by atoms with Crippen LogP contribution < -0.4 is 9.47 Å². The Labute approximate surface area is 224 Å². The van der Waals surface area contributed by atoms with Crippen LogP contribution in [0.4, 0.5) is 5.69 Å². The zero-order chi connectivity index (χ0) is 26.4. The monoisotopic (exact) mass is 536 g/mol. The molecular formula is C28H25ClN2O5S. The van der Waals surface area contributed by atoms with E-state index in [1.54, 1.807) is 37.4 Å². The average molecular weight is 537 g/mol. The second kappa shape index (κ2) is 12.0. The van der Waals surface area contributed by atoms with E-state index in [9.17, 15) is 9.59 Å². The molecule has 190 valence electrons. The molecule has 0 unspecified atom stereocenters. The quantitative estimate of drug-likeness (QED) is 0.247. The molecule has 1 aliphatic heterocycles. The van der Waals surface area contributed by atoms with Crippen molar-refractivity contribution >= 4 is 52.2 Å². The summed E-state index contributed by atoms with van der Waals surface area (Å²) in [5.41, 5.74) is 2.72. The van der Waals surface area contributed by atoms with E-state index in [0.29, 0.717) is 51.1 Å². The predicted molar refractivity (Wildman–Crippen MR) is 147 cm³/mol. The number of ether oxygens (including phenoxy) is 3. The van der Waals surface area contributed by atoms with Crippen molar-refractivity contribution in [1.29, 1.82) is 0 Å². The molecule has 1 saturated heterocycles. The molecule has 37 heavy (non-hydrogen) atoms. The minimum absolute atomic E-state index is 0.160. The maximum atomic E-state index is 12.9. The Morgan fingerprint density at radius 3 is 2.51 bits per heavy atom. The molecule has 9 heteroatoms. The predicted octanol–water partition coefficient (Wildman–Crippen LogP) is 6.34. The molecule has 0 aromatic heterocycles. The zero-order valence-corrected chi connectivity index (χ0v) is 22.1. The molecule has 7 nitrogen and oxygen atoms in total. The number of carbonyl (C=O) groups excluding carboxylic acids is 2. The van der Waals surface area contributed by atoms with Crippen LogP contribution in [0, 0.1) is 0 Å². The minimum atomic E-state index is -0.418. The van der Waals surface area contributed by atoms with Gasteiger partial charge in [-0.15, -0.1) is 0 Å². The fraction of sp³-hybridized carbons (Fsp3) is 0.179. The number of thioether (sulfide) groups is 1. The minimum Gasteiger partial charge on any atom is -0.490 e. The topological polar surface area (TPSA) is 77.4 Å². The van der Waals surface area contributed by atoms with Gasteiger partial charge in [-0.1, -0.05) is 35.9 Å². The number of rotatable bonds is 8. The maximum absolute atomic E-state index is 12.9. The lowest BCUT2D eigenvalue weighted by Gasteiger charge is -2.13. The maximum Gasteiger partial charge on any atom is 0.337 e. The third-order valence-electron chi connectivity index (χ3n) is 5.42. The molecule has 4 rings (SSSR count). The van der Waals surface area contributed by atoms with E-state index in [-0.39, 0.29) is 5.91 Å². The number of likely N-dealkylation sites (N-methyl/N-ethyl adjacent to an activating group) is 1. The molecule has 3 aromatic rings. The average Bonchev–Trinajstić information content (AvgIpc) is 3.16. The lowest BCUT2D eigenvalue weighted by molar-refractivity contribution is -0.121. The van der Waals surface area contributed by atoms with E-state index in [1.165, 1.54) is 23.8 Å². The first-order valence-corrected chi connectivity index (χ1v) is 12.7. The van der Waals surface area contributed by atoms with Crippen LogP contribution >= 0.6 is 23.4 Å². The van der Waals surface area contributed by atoms with E-state index < -0.39 is 5.97 Å². The number of halogens is 1. The Balaban J connectivity index is 1.52. The van der Waals surface area contributed by atoms with Crippen LogP contribution in [0.15, 0.2) is 76.6 Å². The third kappa shape index (κ3) is 6.34. The van der Waals surface area contributed by atoms with Crippen molar-refractivity contribution in [1.82, 2.24) is 4.90 Å². The third-order valence-corrected chi connectivity index (χ3v) is 6.85. The Kier molecular flexibility index (Phi) is 8.53. The van der Waals surface area contributed by atoms with Crippen LogP contribution in [-0.4, -0.2) is 42.7 Å². The molecule has 0 atom stereocenters. The van der Waals surface area contributed by atoms with E-state index in [4.69, 9.17) is 25.8 Å². The SMILES string of the molecule is CCOc1cc(C=C2SC(=Nc3ccc(C(=O)OC)cc3)N(C)C2=O)ccc1OCc1ccccc1Cl. The molecule has 3 aromatic carbocycles. The lowest BCUT2D eigenvalue weighted by Crippen LogP contribution is -2.23. The van der Waals surface area contributed by atoms with Crippen LogP contribution in [-0.2, 0) is 16.1 Å². The van der Waals surface area contributed by atoms with Gasteiger partial charge in [-0.05, 0) is 72.8 Å². The number of carbonyl (C=O) groups is 2. The van der Waals surface area contributed by atoms with Gasteiger partial charge in [-0.3, -0.25) is 9.69 Å². The van der Waals surface area contributed by atoms with Gasteiger partial charge in [-0.2, -0.15) is 0 Å². The van der Waals surface area contributed by atoms with E-state index >= 15 is 0 Å². The summed E-state index contributed by atoms with van der Waals surface area (Å²) in [6.45, 7) is 2.67. The van der Waals surface area contributed by atoms with Gasteiger partial charge in [0.1, 0.15) is 6.61 Å². The molecule has 0 spiro atoms. The van der Waals surface area contributed by atoms with E-state index in [2.05, 4.69) is 4.99 Å². The number of esters is 1. The van der Waals surface area contributed by atoms with Crippen LogP contribution in [0.1, 0.15) is 28.4 Å². The Bertz CT molecular complexity index is 1370. The highest BCUT2D eigenvalue weighted by Crippen LogP contribution is 2.35. The second-order valence-corrected chi connectivity index (χ2v) is 9.34. The van der Waals surface area contributed by atoms with Crippen LogP contribution in [0.25, 0.3) is 6.08 Å². The normalized spacial score (nSPS) is 15.4. The highest BCUT2D eigenvalue weighted by Gasteiger charge is 2.30. The molecule has 1 aliphatic rings. The summed E-state index contributed by atoms with van der Waals surface area (Å²) >= 11 is 7.51. The van der Waals surface area contributed by atoms with Gasteiger partial charge in [-0.25, -0.2) is 9.79 Å². The van der Waals surface area contributed by atoms with Crippen LogP contribution in [0.2, 0.25) is 5.02 Å². The van der Waals surface area contributed by atoms with Gasteiger partial charge in [0, 0.05) is 17.6 Å². The number of hydrogen-bond donors (Lipinski definition) is 0. The first-order chi connectivity index (χ1) is 17.9. The summed E-state index contributed by atoms with van der Waals surface area (Å²) in [6, 6.07) is 19.7. The molecule has 1 heterocycles. The molecule has 1 amide bonds. The fourth-order valence-electron chi connectivity index (χ4n) is 3.48. The smallest absolute Gasteiger partial charge is 0.337 e. The van der Waals surface area contributed by atoms with Gasteiger partial charge < -0.3 is 14.2 Å². The molecule has 0 saturated carbocycles. The summed E-state index contributed by atoms with van der Waals surface area (Å²) in [6.07, 6.45) is 1.80. The highest BCUT2D eigenvalue weighted by atomic mass is 35.5. The van der Waals surface area contributed by atoms with Gasteiger partial charge in [0.15, 0.2) is 16.7 Å². The van der Waals surface area contributed by atoms with Crippen LogP contribution in [0.3, 0.4) is 0 Å². The molecular weight excluding hydrogens is 512 g/mol. The van der Waals surface area contributed by atoms with Crippen molar-refractivity contribution in [2.45, 2.75) is 13.5 Å². The van der Waals surface area contributed by atoms with Crippen molar-refractivity contribution in [3.8, 4) is 11.5 Å². The second-order valence-electron chi connectivity index (χ2n) is 7.93. The first-order valence-electron chi connectivity index (χ1n) is 11.5. The Hall–Kier alpha value is -3.75. The van der Waals surface area contributed by atoms with Crippen molar-refractivity contribution < 1.29 is 23.8 Å². The molecule has 0 bridgehead atoms. The zero-order valence-electron chi connectivity index (χ0n) is 20.6. The van der Waals surface area contributed by atoms with Crippen molar-refractivity contribution in [3.05, 3.63) is 93.3 Å². The number of amides is 1. The van der Waals surface area contributed by atoms with E-state index in [0.717, 1.165) is 11.1 Å². The number of benzene rings is 3. The number of aliphatic imine (C=N–C) groups is 1. The first kappa shape index (κ1) is 26.3. The Morgan fingerprint density at radius 2 is 1.81 bits per heavy atom. The number of hydrogen-bond acceptors (Lipinski definition) is 7. The number of amidine groups is 1. The van der Waals surface area contributed by atoms with Crippen LogP contribution in [0.5, 0.6) is 11.5 Å². The van der Waals surface area contributed by atoms with Gasteiger partial charge in [0.2, 0.25) is 0 Å². The number of nitrogens with zero attached hydrogens (tertiary/aromatic N) is 2. The fourth-order valence-corrected chi connectivity index (χ4v) is 4.65. The summed E-state index contributed by atoms with van der Waals surface area (Å²) in [5, 5.41) is 1.17. The molecule has 0 N–H and O–H groups in total. The molecule has 0 aliphatic carbocycles. The largest absolute Gasteiger partial charge is 0.490 e. The van der Waals surface area contributed by atoms with Crippen molar-refractivity contribution in [3.63, 3.8) is 0 Å². The summed E-state index contributed by atoms with van der Waals surface area (Å²) < 4.78 is 16.5. The summed E-state index contributed by atoms with van der Waals surface area (Å²) in [4.78, 5) is 31.1. The highest BCUT2D eigenvalue weighted by molar-refractivity contribution is 8.18. The van der Waals surface area contributed by atoms with Crippen molar-refractivity contribution in [2.75, 3.05) is 20.8 Å². The molecule has 1 fully saturated rings. The van der Waals surface area contributed by atoms with Gasteiger partial charge in [0.25, 0.3) is 5.91 Å². The number of methoxy groups -OCH3 is 1. The van der Waals surface area contributed by atoms with E-state index in [1.807, 2.05) is 49.4 Å². The molecule has 0 radical (unpaired) electrons. The van der Waals surface area contributed by atoms with Gasteiger partial charge in [0.05, 0.1) is 29.9 Å². The van der Waals surface area contributed by atoms with Gasteiger partial charge >= 0.3 is 5.97 Å². The Morgan fingerprint density at radius 1 is 1.05 bits per heavy atom. The summed E-state index contributed by atoms with van der Waals surface area (Å²) in [5.74, 6) is 0.585. The standard InChI is InChI=1S/C28H25ClN2O5S/c1-4-35-24-15-18(9-14-23(24)36-17-20-7-5-6-8-22(20)29)16-25-26(32)31(2)28(37-25)30-21-12-10-19(11-13-21)27(33)34-3/h5-16H,4,17H2,1-3H3. The summed E-state index contributed by atoms with van der Waals surface area (Å²) in [7, 11) is 3.01.